The molecule has 0 saturated heterocycles. The summed E-state index contributed by atoms with van der Waals surface area (Å²) in [5.74, 6) is 0.777. The lowest BCUT2D eigenvalue weighted by molar-refractivity contribution is -0.385. The maximum atomic E-state index is 11.3. The molecular formula is C18H20N2O4. The Balaban J connectivity index is 2.45. The van der Waals surface area contributed by atoms with Gasteiger partial charge in [-0.3, -0.25) is 15.1 Å². The first kappa shape index (κ1) is 17.5. The van der Waals surface area contributed by atoms with Gasteiger partial charge in [0.05, 0.1) is 36.0 Å². The average Bonchev–Trinajstić information content (AvgIpc) is 2.56. The molecule has 0 radical (unpaired) electrons. The van der Waals surface area contributed by atoms with Crippen molar-refractivity contribution in [3.8, 4) is 11.5 Å². The number of aliphatic imine (C=N–C) groups is 1. The van der Waals surface area contributed by atoms with E-state index < -0.39 is 4.92 Å². The molecular weight excluding hydrogens is 308 g/mol. The number of nitro groups is 1. The molecule has 2 aromatic rings. The second kappa shape index (κ2) is 7.59. The summed E-state index contributed by atoms with van der Waals surface area (Å²) in [5, 5.41) is 11.3. The van der Waals surface area contributed by atoms with Gasteiger partial charge in [0.15, 0.2) is 11.5 Å². The molecule has 0 bridgehead atoms. The maximum Gasteiger partial charge on any atom is 0.282 e. The summed E-state index contributed by atoms with van der Waals surface area (Å²) >= 11 is 0. The van der Waals surface area contributed by atoms with Crippen LogP contribution in [0.4, 0.5) is 11.4 Å². The number of hydrogen-bond acceptors (Lipinski definition) is 5. The Labute approximate surface area is 140 Å². The summed E-state index contributed by atoms with van der Waals surface area (Å²) in [6, 6.07) is 8.70. The third-order valence-electron chi connectivity index (χ3n) is 3.65. The van der Waals surface area contributed by atoms with E-state index in [1.165, 1.54) is 25.0 Å². The predicted octanol–water partition coefficient (Wildman–Crippen LogP) is 4.37. The zero-order chi connectivity index (χ0) is 17.7. The Morgan fingerprint density at radius 1 is 1.17 bits per heavy atom. The van der Waals surface area contributed by atoms with Crippen molar-refractivity contribution >= 4 is 17.6 Å². The summed E-state index contributed by atoms with van der Waals surface area (Å²) in [6.07, 6.45) is 1.47. The van der Waals surface area contributed by atoms with Crippen molar-refractivity contribution in [2.24, 2.45) is 4.99 Å². The standard InChI is InChI=1S/C18H20N2O4/c1-5-24-18-10-16(20(21)22)14(9-17(18)23-4)11-19-15-7-6-12(2)13(3)8-15/h6-11H,5H2,1-4H3. The van der Waals surface area contributed by atoms with Crippen LogP contribution in [0.15, 0.2) is 35.3 Å². The highest BCUT2D eigenvalue weighted by Gasteiger charge is 2.18. The molecule has 0 amide bonds. The second-order valence-corrected chi connectivity index (χ2v) is 5.28. The van der Waals surface area contributed by atoms with Gasteiger partial charge in [0.2, 0.25) is 0 Å². The van der Waals surface area contributed by atoms with E-state index in [0.29, 0.717) is 23.7 Å². The molecule has 0 fully saturated rings. The highest BCUT2D eigenvalue weighted by atomic mass is 16.6. The van der Waals surface area contributed by atoms with E-state index >= 15 is 0 Å². The van der Waals surface area contributed by atoms with E-state index in [0.717, 1.165) is 11.3 Å². The maximum absolute atomic E-state index is 11.3. The first-order chi connectivity index (χ1) is 11.5. The van der Waals surface area contributed by atoms with Crippen LogP contribution in [0.2, 0.25) is 0 Å². The Morgan fingerprint density at radius 3 is 2.50 bits per heavy atom. The monoisotopic (exact) mass is 328 g/mol. The van der Waals surface area contributed by atoms with Crippen LogP contribution in [0.1, 0.15) is 23.6 Å². The van der Waals surface area contributed by atoms with Crippen molar-refractivity contribution in [2.45, 2.75) is 20.8 Å². The van der Waals surface area contributed by atoms with Gasteiger partial charge in [-0.25, -0.2) is 0 Å². The summed E-state index contributed by atoms with van der Waals surface area (Å²) in [7, 11) is 1.49. The molecule has 126 valence electrons. The molecule has 0 aliphatic carbocycles. The van der Waals surface area contributed by atoms with Crippen molar-refractivity contribution in [1.29, 1.82) is 0 Å². The van der Waals surface area contributed by atoms with Crippen LogP contribution in [0.3, 0.4) is 0 Å². The minimum absolute atomic E-state index is 0.0770. The van der Waals surface area contributed by atoms with Gasteiger partial charge in [-0.2, -0.15) is 0 Å². The summed E-state index contributed by atoms with van der Waals surface area (Å²) in [6.45, 7) is 6.21. The highest BCUT2D eigenvalue weighted by molar-refractivity contribution is 5.88. The molecule has 24 heavy (non-hydrogen) atoms. The summed E-state index contributed by atoms with van der Waals surface area (Å²) in [5.41, 5.74) is 3.30. The molecule has 6 nitrogen and oxygen atoms in total. The molecule has 0 aliphatic rings. The third kappa shape index (κ3) is 3.90. The summed E-state index contributed by atoms with van der Waals surface area (Å²) < 4.78 is 10.6. The minimum atomic E-state index is -0.455. The van der Waals surface area contributed by atoms with Crippen molar-refractivity contribution in [3.63, 3.8) is 0 Å². The number of hydrogen-bond donors (Lipinski definition) is 0. The number of methoxy groups -OCH3 is 1. The third-order valence-corrected chi connectivity index (χ3v) is 3.65. The Hall–Kier alpha value is -2.89. The Bertz CT molecular complexity index is 785. The van der Waals surface area contributed by atoms with Gasteiger partial charge >= 0.3 is 0 Å². The van der Waals surface area contributed by atoms with Crippen LogP contribution < -0.4 is 9.47 Å². The van der Waals surface area contributed by atoms with Gasteiger partial charge in [-0.05, 0) is 50.1 Å². The minimum Gasteiger partial charge on any atom is -0.493 e. The molecule has 0 spiro atoms. The van der Waals surface area contributed by atoms with E-state index in [4.69, 9.17) is 9.47 Å². The van der Waals surface area contributed by atoms with Crippen LogP contribution in [-0.2, 0) is 0 Å². The summed E-state index contributed by atoms with van der Waals surface area (Å²) in [4.78, 5) is 15.2. The largest absolute Gasteiger partial charge is 0.493 e. The Morgan fingerprint density at radius 2 is 1.92 bits per heavy atom. The molecule has 0 aliphatic heterocycles. The fourth-order valence-corrected chi connectivity index (χ4v) is 2.20. The molecule has 0 saturated carbocycles. The van der Waals surface area contributed by atoms with Crippen molar-refractivity contribution in [2.75, 3.05) is 13.7 Å². The van der Waals surface area contributed by atoms with Crippen LogP contribution >= 0.6 is 0 Å². The van der Waals surface area contributed by atoms with Crippen molar-refractivity contribution in [3.05, 3.63) is 57.1 Å². The predicted molar refractivity (Wildman–Crippen MR) is 94.0 cm³/mol. The van der Waals surface area contributed by atoms with Crippen molar-refractivity contribution in [1.82, 2.24) is 0 Å². The van der Waals surface area contributed by atoms with Gasteiger partial charge in [0.1, 0.15) is 0 Å². The van der Waals surface area contributed by atoms with E-state index in [1.54, 1.807) is 13.0 Å². The first-order valence-electron chi connectivity index (χ1n) is 7.56. The molecule has 0 atom stereocenters. The van der Waals surface area contributed by atoms with Gasteiger partial charge in [0, 0.05) is 6.21 Å². The van der Waals surface area contributed by atoms with Crippen LogP contribution in [0, 0.1) is 24.0 Å². The SMILES string of the molecule is CCOc1cc([N+](=O)[O-])c(C=Nc2ccc(C)c(C)c2)cc1OC. The van der Waals surface area contributed by atoms with Gasteiger partial charge < -0.3 is 9.47 Å². The average molecular weight is 328 g/mol. The number of rotatable bonds is 6. The van der Waals surface area contributed by atoms with E-state index in [-0.39, 0.29) is 5.69 Å². The molecule has 2 aromatic carbocycles. The molecule has 2 rings (SSSR count). The fraction of sp³-hybridized carbons (Fsp3) is 0.278. The highest BCUT2D eigenvalue weighted by Crippen LogP contribution is 2.34. The van der Waals surface area contributed by atoms with E-state index in [2.05, 4.69) is 4.99 Å². The lowest BCUT2D eigenvalue weighted by Crippen LogP contribution is -2.00. The van der Waals surface area contributed by atoms with E-state index in [9.17, 15) is 10.1 Å². The van der Waals surface area contributed by atoms with Gasteiger partial charge in [-0.15, -0.1) is 0 Å². The number of aryl methyl sites for hydroxylation is 2. The fourth-order valence-electron chi connectivity index (χ4n) is 2.20. The lowest BCUT2D eigenvalue weighted by Gasteiger charge is -2.10. The van der Waals surface area contributed by atoms with Crippen LogP contribution in [0.5, 0.6) is 11.5 Å². The molecule has 0 aromatic heterocycles. The van der Waals surface area contributed by atoms with Crippen LogP contribution in [0.25, 0.3) is 0 Å². The first-order valence-corrected chi connectivity index (χ1v) is 7.56. The Kier molecular flexibility index (Phi) is 5.52. The molecule has 6 heteroatoms. The lowest BCUT2D eigenvalue weighted by atomic mass is 10.1. The van der Waals surface area contributed by atoms with E-state index in [1.807, 2.05) is 32.0 Å². The zero-order valence-corrected chi connectivity index (χ0v) is 14.2. The van der Waals surface area contributed by atoms with Gasteiger partial charge in [0.25, 0.3) is 5.69 Å². The zero-order valence-electron chi connectivity index (χ0n) is 14.2. The smallest absolute Gasteiger partial charge is 0.282 e. The quantitative estimate of drug-likeness (QED) is 0.448. The second-order valence-electron chi connectivity index (χ2n) is 5.28. The molecule has 0 N–H and O–H groups in total. The normalized spacial score (nSPS) is 10.8. The number of nitrogens with zero attached hydrogens (tertiary/aromatic N) is 2. The number of nitro benzene ring substituents is 1. The van der Waals surface area contributed by atoms with Crippen molar-refractivity contribution < 1.29 is 14.4 Å². The van der Waals surface area contributed by atoms with Crippen LogP contribution in [-0.4, -0.2) is 24.9 Å². The number of ether oxygens (including phenoxy) is 2. The molecule has 0 unspecified atom stereocenters. The molecule has 0 heterocycles. The topological polar surface area (TPSA) is 74.0 Å². The van der Waals surface area contributed by atoms with Gasteiger partial charge in [-0.1, -0.05) is 6.07 Å². The number of benzene rings is 2.